The van der Waals surface area contributed by atoms with Gasteiger partial charge in [-0.05, 0) is 25.3 Å². The molecule has 3 unspecified atom stereocenters. The van der Waals surface area contributed by atoms with E-state index in [2.05, 4.69) is 17.1 Å². The minimum Gasteiger partial charge on any atom is -0.314 e. The normalized spacial score (nSPS) is 32.6. The van der Waals surface area contributed by atoms with Gasteiger partial charge in [-0.1, -0.05) is 20.3 Å². The van der Waals surface area contributed by atoms with Crippen molar-refractivity contribution >= 4 is 21.6 Å². The molecule has 1 saturated carbocycles. The van der Waals surface area contributed by atoms with Gasteiger partial charge in [-0.25, -0.2) is 8.42 Å². The topological polar surface area (TPSA) is 49.4 Å². The van der Waals surface area contributed by atoms with E-state index >= 15 is 0 Å². The SMILES string of the molecule is CCNC1CCCC1CN1CCSCC1S(=O)(=O)CC. The maximum Gasteiger partial charge on any atom is 0.166 e. The van der Waals surface area contributed by atoms with Crippen LogP contribution in [0.3, 0.4) is 0 Å². The van der Waals surface area contributed by atoms with Crippen LogP contribution < -0.4 is 5.32 Å². The summed E-state index contributed by atoms with van der Waals surface area (Å²) in [5.41, 5.74) is 0. The second-order valence-electron chi connectivity index (χ2n) is 5.83. The fourth-order valence-corrected chi connectivity index (χ4v) is 6.53. The summed E-state index contributed by atoms with van der Waals surface area (Å²) in [6.07, 6.45) is 3.75. The summed E-state index contributed by atoms with van der Waals surface area (Å²) >= 11 is 1.78. The molecule has 20 heavy (non-hydrogen) atoms. The average Bonchev–Trinajstić information content (AvgIpc) is 2.87. The van der Waals surface area contributed by atoms with Crippen molar-refractivity contribution in [2.24, 2.45) is 5.92 Å². The van der Waals surface area contributed by atoms with Crippen molar-refractivity contribution in [3.63, 3.8) is 0 Å². The van der Waals surface area contributed by atoms with E-state index < -0.39 is 9.84 Å². The number of hydrogen-bond donors (Lipinski definition) is 1. The smallest absolute Gasteiger partial charge is 0.166 e. The Bertz CT molecular complexity index is 400. The molecule has 3 atom stereocenters. The molecule has 1 heterocycles. The summed E-state index contributed by atoms with van der Waals surface area (Å²) in [5.74, 6) is 2.69. The molecule has 118 valence electrons. The van der Waals surface area contributed by atoms with Crippen LogP contribution in [0.5, 0.6) is 0 Å². The van der Waals surface area contributed by atoms with Crippen LogP contribution in [0.25, 0.3) is 0 Å². The van der Waals surface area contributed by atoms with E-state index in [4.69, 9.17) is 0 Å². The summed E-state index contributed by atoms with van der Waals surface area (Å²) in [6.45, 7) is 6.79. The lowest BCUT2D eigenvalue weighted by molar-refractivity contribution is 0.210. The van der Waals surface area contributed by atoms with Gasteiger partial charge in [0.25, 0.3) is 0 Å². The number of nitrogens with zero attached hydrogens (tertiary/aromatic N) is 1. The first kappa shape index (κ1) is 16.6. The van der Waals surface area contributed by atoms with Gasteiger partial charge in [0.15, 0.2) is 9.84 Å². The second-order valence-corrected chi connectivity index (χ2v) is 9.43. The highest BCUT2D eigenvalue weighted by atomic mass is 32.2. The van der Waals surface area contributed by atoms with Gasteiger partial charge in [0, 0.05) is 36.4 Å². The molecule has 2 aliphatic rings. The van der Waals surface area contributed by atoms with Crippen molar-refractivity contribution in [2.45, 2.75) is 44.5 Å². The monoisotopic (exact) mass is 320 g/mol. The molecular formula is C14H28N2O2S2. The minimum absolute atomic E-state index is 0.255. The lowest BCUT2D eigenvalue weighted by atomic mass is 10.0. The Morgan fingerprint density at radius 1 is 1.30 bits per heavy atom. The molecule has 4 nitrogen and oxygen atoms in total. The van der Waals surface area contributed by atoms with Crippen LogP contribution in [0.15, 0.2) is 0 Å². The Hall–Kier alpha value is 0.220. The van der Waals surface area contributed by atoms with Gasteiger partial charge in [-0.3, -0.25) is 4.90 Å². The molecule has 1 aliphatic heterocycles. The molecule has 1 aliphatic carbocycles. The first-order valence-electron chi connectivity index (χ1n) is 7.85. The molecule has 0 spiro atoms. The summed E-state index contributed by atoms with van der Waals surface area (Å²) in [7, 11) is -2.96. The fourth-order valence-electron chi connectivity index (χ4n) is 3.43. The fraction of sp³-hybridized carbons (Fsp3) is 1.00. The lowest BCUT2D eigenvalue weighted by Crippen LogP contribution is -2.51. The molecule has 2 fully saturated rings. The van der Waals surface area contributed by atoms with E-state index in [1.54, 1.807) is 18.7 Å². The molecule has 2 rings (SSSR count). The van der Waals surface area contributed by atoms with E-state index in [9.17, 15) is 8.42 Å². The first-order chi connectivity index (χ1) is 9.58. The van der Waals surface area contributed by atoms with Crippen LogP contribution in [0.1, 0.15) is 33.1 Å². The van der Waals surface area contributed by atoms with Crippen LogP contribution in [0.2, 0.25) is 0 Å². The van der Waals surface area contributed by atoms with E-state index in [1.807, 2.05) is 0 Å². The Kier molecular flexibility index (Phi) is 6.20. The van der Waals surface area contributed by atoms with Crippen molar-refractivity contribution in [3.05, 3.63) is 0 Å². The third kappa shape index (κ3) is 3.90. The highest BCUT2D eigenvalue weighted by Crippen LogP contribution is 2.29. The van der Waals surface area contributed by atoms with Gasteiger partial charge in [0.1, 0.15) is 5.37 Å². The zero-order valence-electron chi connectivity index (χ0n) is 12.7. The largest absolute Gasteiger partial charge is 0.314 e. The second kappa shape index (κ2) is 7.47. The molecule has 6 heteroatoms. The first-order valence-corrected chi connectivity index (χ1v) is 10.7. The summed E-state index contributed by atoms with van der Waals surface area (Å²) in [4.78, 5) is 2.25. The van der Waals surface area contributed by atoms with E-state index in [1.165, 1.54) is 19.3 Å². The number of sulfone groups is 1. The van der Waals surface area contributed by atoms with Crippen LogP contribution in [0, 0.1) is 5.92 Å². The average molecular weight is 321 g/mol. The van der Waals surface area contributed by atoms with Crippen molar-refractivity contribution in [1.29, 1.82) is 0 Å². The maximum absolute atomic E-state index is 12.3. The molecule has 0 aromatic heterocycles. The molecule has 0 amide bonds. The zero-order chi connectivity index (χ0) is 14.6. The lowest BCUT2D eigenvalue weighted by Gasteiger charge is -2.37. The zero-order valence-corrected chi connectivity index (χ0v) is 14.3. The molecule has 0 radical (unpaired) electrons. The Morgan fingerprint density at radius 3 is 2.80 bits per heavy atom. The van der Waals surface area contributed by atoms with Gasteiger partial charge in [-0.2, -0.15) is 11.8 Å². The molecule has 0 aromatic rings. The summed E-state index contributed by atoms with van der Waals surface area (Å²) in [5, 5.41) is 3.31. The predicted molar refractivity (Wildman–Crippen MR) is 87.0 cm³/mol. The number of nitrogens with one attached hydrogen (secondary N) is 1. The van der Waals surface area contributed by atoms with Crippen LogP contribution in [-0.2, 0) is 9.84 Å². The summed E-state index contributed by atoms with van der Waals surface area (Å²) < 4.78 is 24.6. The van der Waals surface area contributed by atoms with Gasteiger partial charge in [0.05, 0.1) is 0 Å². The highest BCUT2D eigenvalue weighted by Gasteiger charge is 2.36. The third-order valence-electron chi connectivity index (χ3n) is 4.60. The van der Waals surface area contributed by atoms with Gasteiger partial charge in [-0.15, -0.1) is 0 Å². The Balaban J connectivity index is 2.02. The number of rotatable bonds is 6. The van der Waals surface area contributed by atoms with Gasteiger partial charge in [0.2, 0.25) is 0 Å². The van der Waals surface area contributed by atoms with Gasteiger partial charge < -0.3 is 5.32 Å². The molecule has 1 N–H and O–H groups in total. The number of hydrogen-bond acceptors (Lipinski definition) is 5. The Labute approximate surface area is 128 Å². The van der Waals surface area contributed by atoms with Crippen molar-refractivity contribution in [2.75, 3.05) is 36.9 Å². The van der Waals surface area contributed by atoms with Crippen molar-refractivity contribution in [3.8, 4) is 0 Å². The molecule has 1 saturated heterocycles. The van der Waals surface area contributed by atoms with Crippen LogP contribution in [0.4, 0.5) is 0 Å². The molecule has 0 bridgehead atoms. The predicted octanol–water partition coefficient (Wildman–Crippen LogP) is 1.57. The van der Waals surface area contributed by atoms with E-state index in [0.29, 0.717) is 12.0 Å². The Morgan fingerprint density at radius 2 is 2.10 bits per heavy atom. The van der Waals surface area contributed by atoms with E-state index in [-0.39, 0.29) is 11.1 Å². The molecule has 0 aromatic carbocycles. The maximum atomic E-state index is 12.3. The molecular weight excluding hydrogens is 292 g/mol. The van der Waals surface area contributed by atoms with Crippen LogP contribution in [-0.4, -0.2) is 61.6 Å². The minimum atomic E-state index is -2.96. The van der Waals surface area contributed by atoms with Crippen LogP contribution >= 0.6 is 11.8 Å². The third-order valence-corrected chi connectivity index (χ3v) is 7.93. The highest BCUT2D eigenvalue weighted by molar-refractivity contribution is 8.01. The summed E-state index contributed by atoms with van der Waals surface area (Å²) in [6, 6.07) is 0.583. The standard InChI is InChI=1S/C14H28N2O2S2/c1-3-15-13-7-5-6-12(13)10-16-8-9-19-11-14(16)20(17,18)4-2/h12-15H,3-11H2,1-2H3. The number of thioether (sulfide) groups is 1. The quantitative estimate of drug-likeness (QED) is 0.805. The van der Waals surface area contributed by atoms with Crippen molar-refractivity contribution in [1.82, 2.24) is 10.2 Å². The van der Waals surface area contributed by atoms with E-state index in [0.717, 1.165) is 31.1 Å². The van der Waals surface area contributed by atoms with Gasteiger partial charge >= 0.3 is 0 Å². The van der Waals surface area contributed by atoms with Crippen molar-refractivity contribution < 1.29 is 8.42 Å².